The predicted molar refractivity (Wildman–Crippen MR) is 127 cm³/mol. The Labute approximate surface area is 194 Å². The van der Waals surface area contributed by atoms with Crippen LogP contribution in [0.2, 0.25) is 5.02 Å². The molecule has 1 saturated heterocycles. The number of carbonyl (C=O) groups excluding carboxylic acids is 2. The first kappa shape index (κ1) is 20.9. The summed E-state index contributed by atoms with van der Waals surface area (Å²) in [6.07, 6.45) is 0. The van der Waals surface area contributed by atoms with Crippen molar-refractivity contribution in [3.05, 3.63) is 119 Å². The van der Waals surface area contributed by atoms with E-state index in [1.54, 1.807) is 36.4 Å². The monoisotopic (exact) mass is 457 g/mol. The summed E-state index contributed by atoms with van der Waals surface area (Å²) < 4.78 is 13.5. The summed E-state index contributed by atoms with van der Waals surface area (Å²) in [5, 5.41) is 13.6. The van der Waals surface area contributed by atoms with Crippen molar-refractivity contribution in [2.75, 3.05) is 4.90 Å². The number of carbonyl (C=O) groups is 2. The minimum atomic E-state index is -0.904. The summed E-state index contributed by atoms with van der Waals surface area (Å²) in [4.78, 5) is 27.6. The largest absolute Gasteiger partial charge is 0.507 e. The van der Waals surface area contributed by atoms with E-state index in [1.165, 1.54) is 29.2 Å². The van der Waals surface area contributed by atoms with Crippen LogP contribution >= 0.6 is 11.6 Å². The first-order chi connectivity index (χ1) is 15.9. The van der Waals surface area contributed by atoms with Crippen LogP contribution in [0.1, 0.15) is 17.2 Å². The van der Waals surface area contributed by atoms with Crippen molar-refractivity contribution in [3.8, 4) is 0 Å². The topological polar surface area (TPSA) is 57.6 Å². The second-order valence-electron chi connectivity index (χ2n) is 7.76. The molecule has 0 aliphatic carbocycles. The molecule has 0 spiro atoms. The van der Waals surface area contributed by atoms with Crippen molar-refractivity contribution in [2.45, 2.75) is 6.04 Å². The van der Waals surface area contributed by atoms with Crippen LogP contribution in [0, 0.1) is 5.82 Å². The van der Waals surface area contributed by atoms with Crippen molar-refractivity contribution >= 4 is 45.5 Å². The average Bonchev–Trinajstić information content (AvgIpc) is 3.10. The maximum Gasteiger partial charge on any atom is 0.300 e. The molecule has 6 heteroatoms. The number of nitrogens with zero attached hydrogens (tertiary/aromatic N) is 1. The fourth-order valence-corrected chi connectivity index (χ4v) is 4.28. The molecule has 33 heavy (non-hydrogen) atoms. The summed E-state index contributed by atoms with van der Waals surface area (Å²) in [5.74, 6) is -2.35. The molecule has 1 aliphatic rings. The number of rotatable bonds is 3. The standard InChI is InChI=1S/C27H17ClFNO3/c28-20-9-7-17(8-10-20)24-23(25(31)19-6-5-16-3-1-2-4-18(16)15-19)26(32)27(33)30(24)22-13-11-21(29)12-14-22/h1-15,24,31H/b25-23-. The van der Waals surface area contributed by atoms with Crippen LogP contribution in [-0.4, -0.2) is 16.8 Å². The van der Waals surface area contributed by atoms with Gasteiger partial charge in [-0.2, -0.15) is 0 Å². The smallest absolute Gasteiger partial charge is 0.300 e. The van der Waals surface area contributed by atoms with E-state index >= 15 is 0 Å². The predicted octanol–water partition coefficient (Wildman–Crippen LogP) is 6.26. The van der Waals surface area contributed by atoms with Gasteiger partial charge in [-0.1, -0.05) is 60.1 Å². The number of hydrogen-bond acceptors (Lipinski definition) is 3. The first-order valence-electron chi connectivity index (χ1n) is 10.3. The minimum absolute atomic E-state index is 0.0399. The zero-order valence-electron chi connectivity index (χ0n) is 17.2. The SMILES string of the molecule is O=C1C(=O)N(c2ccc(F)cc2)C(c2ccc(Cl)cc2)/C1=C(/O)c1ccc2ccccc2c1. The normalized spacial score (nSPS) is 17.6. The maximum absolute atomic E-state index is 13.5. The molecule has 1 atom stereocenters. The van der Waals surface area contributed by atoms with Crippen molar-refractivity contribution in [2.24, 2.45) is 0 Å². The summed E-state index contributed by atoms with van der Waals surface area (Å²) in [5.41, 5.74) is 1.31. The van der Waals surface area contributed by atoms with E-state index in [-0.39, 0.29) is 11.3 Å². The average molecular weight is 458 g/mol. The highest BCUT2D eigenvalue weighted by atomic mass is 35.5. The fourth-order valence-electron chi connectivity index (χ4n) is 4.15. The molecule has 4 nitrogen and oxygen atoms in total. The Balaban J connectivity index is 1.72. The molecule has 162 valence electrons. The number of Topliss-reactive ketones (excluding diaryl/α,β-unsaturated/α-hetero) is 1. The number of benzene rings is 4. The highest BCUT2D eigenvalue weighted by molar-refractivity contribution is 6.51. The van der Waals surface area contributed by atoms with Gasteiger partial charge in [0.05, 0.1) is 11.6 Å². The Kier molecular flexibility index (Phi) is 5.19. The van der Waals surface area contributed by atoms with Crippen LogP contribution in [0.15, 0.2) is 96.6 Å². The molecule has 0 bridgehead atoms. The van der Waals surface area contributed by atoms with Gasteiger partial charge >= 0.3 is 0 Å². The van der Waals surface area contributed by atoms with Gasteiger partial charge in [0.2, 0.25) is 0 Å². The van der Waals surface area contributed by atoms with E-state index in [4.69, 9.17) is 11.6 Å². The van der Waals surface area contributed by atoms with Gasteiger partial charge in [0.1, 0.15) is 11.6 Å². The fraction of sp³-hybridized carbons (Fsp3) is 0.0370. The molecule has 0 radical (unpaired) electrons. The number of anilines is 1. The van der Waals surface area contributed by atoms with Gasteiger partial charge in [-0.15, -0.1) is 0 Å². The highest BCUT2D eigenvalue weighted by Gasteiger charge is 2.46. The number of aliphatic hydroxyl groups is 1. The molecule has 1 unspecified atom stereocenters. The summed E-state index contributed by atoms with van der Waals surface area (Å²) >= 11 is 6.05. The van der Waals surface area contributed by atoms with Gasteiger partial charge in [0.15, 0.2) is 0 Å². The molecule has 4 aromatic carbocycles. The molecule has 1 amide bonds. The highest BCUT2D eigenvalue weighted by Crippen LogP contribution is 2.42. The Hall–Kier alpha value is -3.96. The van der Waals surface area contributed by atoms with Crippen LogP contribution in [0.3, 0.4) is 0 Å². The van der Waals surface area contributed by atoms with Crippen molar-refractivity contribution in [1.29, 1.82) is 0 Å². The lowest BCUT2D eigenvalue weighted by Gasteiger charge is -2.25. The van der Waals surface area contributed by atoms with Crippen molar-refractivity contribution < 1.29 is 19.1 Å². The quantitative estimate of drug-likeness (QED) is 0.224. The van der Waals surface area contributed by atoms with Crippen LogP contribution in [-0.2, 0) is 9.59 Å². The van der Waals surface area contributed by atoms with Crippen LogP contribution in [0.5, 0.6) is 0 Å². The van der Waals surface area contributed by atoms with E-state index in [2.05, 4.69) is 0 Å². The van der Waals surface area contributed by atoms with Gasteiger partial charge in [-0.25, -0.2) is 4.39 Å². The number of ketones is 1. The van der Waals surface area contributed by atoms with Crippen LogP contribution < -0.4 is 4.90 Å². The summed E-state index contributed by atoms with van der Waals surface area (Å²) in [6.45, 7) is 0. The van der Waals surface area contributed by atoms with E-state index in [9.17, 15) is 19.1 Å². The van der Waals surface area contributed by atoms with Crippen molar-refractivity contribution in [3.63, 3.8) is 0 Å². The lowest BCUT2D eigenvalue weighted by atomic mass is 9.94. The van der Waals surface area contributed by atoms with Crippen LogP contribution in [0.4, 0.5) is 10.1 Å². The molecule has 1 N–H and O–H groups in total. The second kappa shape index (κ2) is 8.19. The summed E-state index contributed by atoms with van der Waals surface area (Å²) in [7, 11) is 0. The van der Waals surface area contributed by atoms with Gasteiger partial charge in [0.25, 0.3) is 11.7 Å². The molecule has 4 aromatic rings. The lowest BCUT2D eigenvalue weighted by molar-refractivity contribution is -0.132. The van der Waals surface area contributed by atoms with E-state index < -0.39 is 23.5 Å². The van der Waals surface area contributed by atoms with Gasteiger partial charge in [0, 0.05) is 16.3 Å². The Bertz CT molecular complexity index is 1430. The van der Waals surface area contributed by atoms with E-state index in [0.29, 0.717) is 21.8 Å². The number of amides is 1. The molecular formula is C27H17ClFNO3. The molecule has 0 aromatic heterocycles. The third kappa shape index (κ3) is 3.66. The van der Waals surface area contributed by atoms with E-state index in [1.807, 2.05) is 30.3 Å². The lowest BCUT2D eigenvalue weighted by Crippen LogP contribution is -2.29. The zero-order chi connectivity index (χ0) is 23.1. The molecule has 1 heterocycles. The van der Waals surface area contributed by atoms with Gasteiger partial charge < -0.3 is 5.11 Å². The number of halogens is 2. The van der Waals surface area contributed by atoms with Crippen molar-refractivity contribution in [1.82, 2.24) is 0 Å². The third-order valence-corrected chi connectivity index (χ3v) is 6.01. The molecule has 1 aliphatic heterocycles. The molecule has 5 rings (SSSR count). The molecular weight excluding hydrogens is 441 g/mol. The third-order valence-electron chi connectivity index (χ3n) is 5.76. The van der Waals surface area contributed by atoms with Gasteiger partial charge in [-0.3, -0.25) is 14.5 Å². The number of aliphatic hydroxyl groups excluding tert-OH is 1. The van der Waals surface area contributed by atoms with E-state index in [0.717, 1.165) is 10.8 Å². The zero-order valence-corrected chi connectivity index (χ0v) is 18.0. The Morgan fingerprint density at radius 1 is 0.848 bits per heavy atom. The minimum Gasteiger partial charge on any atom is -0.507 e. The Morgan fingerprint density at radius 3 is 2.21 bits per heavy atom. The van der Waals surface area contributed by atoms with Crippen LogP contribution in [0.25, 0.3) is 16.5 Å². The summed E-state index contributed by atoms with van der Waals surface area (Å²) in [6, 6.07) is 24.1. The Morgan fingerprint density at radius 2 is 1.52 bits per heavy atom. The first-order valence-corrected chi connectivity index (χ1v) is 10.6. The maximum atomic E-state index is 13.5. The second-order valence-corrected chi connectivity index (χ2v) is 8.20. The molecule has 1 fully saturated rings. The number of hydrogen-bond donors (Lipinski definition) is 1. The number of fused-ring (bicyclic) bond motifs is 1. The molecule has 0 saturated carbocycles. The van der Waals surface area contributed by atoms with Gasteiger partial charge in [-0.05, 0) is 58.8 Å².